The minimum Gasteiger partial charge on any atom is -0.381 e. The number of nitrogens with one attached hydrogen (secondary N) is 2. The van der Waals surface area contributed by atoms with Crippen LogP contribution >= 0.6 is 0 Å². The molecule has 0 fully saturated rings. The Morgan fingerprint density at radius 2 is 1.52 bits per heavy atom. The first-order valence-corrected chi connectivity index (χ1v) is 6.80. The molecule has 4 nitrogen and oxygen atoms in total. The molecule has 2 aromatic rings. The number of hydrogen-bond donors (Lipinski definition) is 2. The van der Waals surface area contributed by atoms with Gasteiger partial charge < -0.3 is 10.6 Å². The quantitative estimate of drug-likeness (QED) is 0.800. The molecule has 0 atom stereocenters. The summed E-state index contributed by atoms with van der Waals surface area (Å²) in [6, 6.07) is 17.5. The molecule has 2 rings (SSSR count). The van der Waals surface area contributed by atoms with Gasteiger partial charge in [0.25, 0.3) is 0 Å². The second-order valence-corrected chi connectivity index (χ2v) is 4.84. The lowest BCUT2D eigenvalue weighted by Crippen LogP contribution is -2.14. The molecule has 0 spiro atoms. The first kappa shape index (κ1) is 14.8. The molecule has 0 aliphatic heterocycles. The van der Waals surface area contributed by atoms with Crippen molar-refractivity contribution < 1.29 is 9.59 Å². The Bertz CT molecular complexity index is 606. The van der Waals surface area contributed by atoms with Crippen LogP contribution in [0, 0.1) is 0 Å². The lowest BCUT2D eigenvalue weighted by molar-refractivity contribution is -0.124. The normalized spacial score (nSPS) is 9.95. The standard InChI is InChI=1S/C17H18N2O2/c1-13(20)11-17(21)19-16-9-7-15(8-10-16)18-12-14-5-3-2-4-6-14/h2-10,18H,11-12H2,1H3,(H,19,21). The molecule has 0 aromatic heterocycles. The van der Waals surface area contributed by atoms with Crippen LogP contribution in [0.1, 0.15) is 18.9 Å². The van der Waals surface area contributed by atoms with E-state index in [2.05, 4.69) is 22.8 Å². The first-order valence-electron chi connectivity index (χ1n) is 6.80. The van der Waals surface area contributed by atoms with E-state index in [9.17, 15) is 9.59 Å². The van der Waals surface area contributed by atoms with E-state index < -0.39 is 0 Å². The maximum absolute atomic E-state index is 11.5. The second kappa shape index (κ2) is 7.24. The Hall–Kier alpha value is -2.62. The summed E-state index contributed by atoms with van der Waals surface area (Å²) in [5.41, 5.74) is 2.87. The van der Waals surface area contributed by atoms with Crippen molar-refractivity contribution in [3.05, 3.63) is 60.2 Å². The number of carbonyl (C=O) groups excluding carboxylic acids is 2. The third kappa shape index (κ3) is 5.10. The first-order chi connectivity index (χ1) is 10.1. The molecule has 2 N–H and O–H groups in total. The molecule has 2 aromatic carbocycles. The van der Waals surface area contributed by atoms with Crippen LogP contribution in [-0.4, -0.2) is 11.7 Å². The number of benzene rings is 2. The molecule has 0 radical (unpaired) electrons. The molecule has 0 saturated heterocycles. The van der Waals surface area contributed by atoms with Crippen LogP contribution in [0.2, 0.25) is 0 Å². The van der Waals surface area contributed by atoms with Crippen LogP contribution in [-0.2, 0) is 16.1 Å². The van der Waals surface area contributed by atoms with Crippen molar-refractivity contribution in [2.75, 3.05) is 10.6 Å². The zero-order valence-corrected chi connectivity index (χ0v) is 11.9. The Morgan fingerprint density at radius 1 is 0.905 bits per heavy atom. The summed E-state index contributed by atoms with van der Waals surface area (Å²) in [6.07, 6.45) is -0.0893. The highest BCUT2D eigenvalue weighted by molar-refractivity contribution is 6.03. The van der Waals surface area contributed by atoms with Crippen molar-refractivity contribution in [3.63, 3.8) is 0 Å². The topological polar surface area (TPSA) is 58.2 Å². The van der Waals surface area contributed by atoms with Crippen LogP contribution in [0.4, 0.5) is 11.4 Å². The summed E-state index contributed by atoms with van der Waals surface area (Å²) in [7, 11) is 0. The zero-order valence-electron chi connectivity index (χ0n) is 11.9. The number of rotatable bonds is 6. The summed E-state index contributed by atoms with van der Waals surface area (Å²) in [4.78, 5) is 22.3. The van der Waals surface area contributed by atoms with E-state index in [4.69, 9.17) is 0 Å². The van der Waals surface area contributed by atoms with E-state index in [1.54, 1.807) is 0 Å². The molecule has 0 bridgehead atoms. The van der Waals surface area contributed by atoms with Gasteiger partial charge in [-0.15, -0.1) is 0 Å². The van der Waals surface area contributed by atoms with Gasteiger partial charge in [-0.3, -0.25) is 9.59 Å². The van der Waals surface area contributed by atoms with Crippen LogP contribution in [0.5, 0.6) is 0 Å². The van der Waals surface area contributed by atoms with Gasteiger partial charge in [0.05, 0.1) is 6.42 Å². The number of anilines is 2. The van der Waals surface area contributed by atoms with Gasteiger partial charge in [-0.1, -0.05) is 30.3 Å². The number of hydrogen-bond acceptors (Lipinski definition) is 3. The van der Waals surface area contributed by atoms with E-state index in [-0.39, 0.29) is 18.1 Å². The summed E-state index contributed by atoms with van der Waals surface area (Å²) >= 11 is 0. The summed E-state index contributed by atoms with van der Waals surface area (Å²) in [5.74, 6) is -0.429. The number of Topliss-reactive ketones (excluding diaryl/α,β-unsaturated/α-hetero) is 1. The average Bonchev–Trinajstić information content (AvgIpc) is 2.47. The monoisotopic (exact) mass is 282 g/mol. The minimum absolute atomic E-state index is 0.0893. The zero-order chi connectivity index (χ0) is 15.1. The third-order valence-corrected chi connectivity index (χ3v) is 2.92. The number of amides is 1. The lowest BCUT2D eigenvalue weighted by atomic mass is 10.2. The predicted molar refractivity (Wildman–Crippen MR) is 84.1 cm³/mol. The Balaban J connectivity index is 1.87. The molecule has 1 amide bonds. The molecule has 108 valence electrons. The van der Waals surface area contributed by atoms with E-state index >= 15 is 0 Å². The van der Waals surface area contributed by atoms with Crippen molar-refractivity contribution in [2.45, 2.75) is 19.9 Å². The Kier molecular flexibility index (Phi) is 5.10. The van der Waals surface area contributed by atoms with Crippen molar-refractivity contribution >= 4 is 23.1 Å². The van der Waals surface area contributed by atoms with Crippen molar-refractivity contribution in [1.82, 2.24) is 0 Å². The maximum Gasteiger partial charge on any atom is 0.231 e. The second-order valence-electron chi connectivity index (χ2n) is 4.84. The van der Waals surface area contributed by atoms with Crippen molar-refractivity contribution in [1.29, 1.82) is 0 Å². The fourth-order valence-electron chi connectivity index (χ4n) is 1.90. The molecule has 0 aliphatic rings. The smallest absolute Gasteiger partial charge is 0.231 e. The molecule has 0 unspecified atom stereocenters. The average molecular weight is 282 g/mol. The van der Waals surface area contributed by atoms with E-state index in [0.717, 1.165) is 12.2 Å². The van der Waals surface area contributed by atoms with Crippen molar-refractivity contribution in [3.8, 4) is 0 Å². The third-order valence-electron chi connectivity index (χ3n) is 2.92. The largest absolute Gasteiger partial charge is 0.381 e. The van der Waals surface area contributed by atoms with Gasteiger partial charge in [0.2, 0.25) is 5.91 Å². The van der Waals surface area contributed by atoms with Crippen LogP contribution in [0.15, 0.2) is 54.6 Å². The Labute approximate surface area is 124 Å². The summed E-state index contributed by atoms with van der Waals surface area (Å²) in [6.45, 7) is 2.15. The predicted octanol–water partition coefficient (Wildman–Crippen LogP) is 3.22. The van der Waals surface area contributed by atoms with Gasteiger partial charge >= 0.3 is 0 Å². The highest BCUT2D eigenvalue weighted by atomic mass is 16.2. The fourth-order valence-corrected chi connectivity index (χ4v) is 1.90. The molecular formula is C17H18N2O2. The fraction of sp³-hybridized carbons (Fsp3) is 0.176. The molecule has 21 heavy (non-hydrogen) atoms. The SMILES string of the molecule is CC(=O)CC(=O)Nc1ccc(NCc2ccccc2)cc1. The van der Waals surface area contributed by atoms with E-state index in [1.165, 1.54) is 12.5 Å². The van der Waals surface area contributed by atoms with Crippen molar-refractivity contribution in [2.24, 2.45) is 0 Å². The van der Waals surface area contributed by atoms with Crippen LogP contribution in [0.3, 0.4) is 0 Å². The highest BCUT2D eigenvalue weighted by Gasteiger charge is 2.05. The lowest BCUT2D eigenvalue weighted by Gasteiger charge is -2.08. The van der Waals surface area contributed by atoms with Gasteiger partial charge in [-0.2, -0.15) is 0 Å². The molecule has 0 heterocycles. The van der Waals surface area contributed by atoms with E-state index in [1.807, 2.05) is 42.5 Å². The number of carbonyl (C=O) groups is 2. The molecule has 0 aliphatic carbocycles. The van der Waals surface area contributed by atoms with Crippen LogP contribution in [0.25, 0.3) is 0 Å². The van der Waals surface area contributed by atoms with Gasteiger partial charge in [-0.05, 0) is 36.8 Å². The minimum atomic E-state index is -0.285. The van der Waals surface area contributed by atoms with Gasteiger partial charge in [0, 0.05) is 17.9 Å². The van der Waals surface area contributed by atoms with Gasteiger partial charge in [-0.25, -0.2) is 0 Å². The summed E-state index contributed by atoms with van der Waals surface area (Å²) < 4.78 is 0. The number of ketones is 1. The summed E-state index contributed by atoms with van der Waals surface area (Å²) in [5, 5.41) is 5.99. The molecule has 4 heteroatoms. The molecule has 0 saturated carbocycles. The highest BCUT2D eigenvalue weighted by Crippen LogP contribution is 2.14. The Morgan fingerprint density at radius 3 is 2.14 bits per heavy atom. The molecular weight excluding hydrogens is 264 g/mol. The van der Waals surface area contributed by atoms with E-state index in [0.29, 0.717) is 5.69 Å². The van der Waals surface area contributed by atoms with Gasteiger partial charge in [0.1, 0.15) is 5.78 Å². The van der Waals surface area contributed by atoms with Crippen LogP contribution < -0.4 is 10.6 Å². The maximum atomic E-state index is 11.5. The van der Waals surface area contributed by atoms with Gasteiger partial charge in [0.15, 0.2) is 0 Å².